The zero-order valence-electron chi connectivity index (χ0n) is 15.8. The van der Waals surface area contributed by atoms with E-state index in [2.05, 4.69) is 72.9 Å². The minimum atomic E-state index is 0.418. The zero-order chi connectivity index (χ0) is 17.5. The Bertz CT molecular complexity index is 527. The molecule has 6 heteroatoms. The van der Waals surface area contributed by atoms with Crippen molar-refractivity contribution in [2.75, 3.05) is 39.9 Å². The lowest BCUT2D eigenvalue weighted by molar-refractivity contribution is -0.0166. The Labute approximate surface area is 146 Å². The first kappa shape index (κ1) is 18.8. The molecule has 0 amide bonds. The molecule has 6 nitrogen and oxygen atoms in total. The molecule has 1 N–H and O–H groups in total. The normalized spacial score (nSPS) is 20.9. The fourth-order valence-corrected chi connectivity index (χ4v) is 3.17. The maximum Gasteiger partial charge on any atom is 0.194 e. The van der Waals surface area contributed by atoms with Gasteiger partial charge in [0.25, 0.3) is 0 Å². The second-order valence-electron chi connectivity index (χ2n) is 6.67. The van der Waals surface area contributed by atoms with Gasteiger partial charge in [0.15, 0.2) is 5.96 Å². The molecule has 0 saturated carbocycles. The van der Waals surface area contributed by atoms with Crippen molar-refractivity contribution in [1.29, 1.82) is 0 Å². The Morgan fingerprint density at radius 1 is 1.54 bits per heavy atom. The van der Waals surface area contributed by atoms with Crippen LogP contribution in [0.5, 0.6) is 0 Å². The van der Waals surface area contributed by atoms with E-state index in [0.29, 0.717) is 12.1 Å². The number of aryl methyl sites for hydroxylation is 1. The van der Waals surface area contributed by atoms with Crippen molar-refractivity contribution < 1.29 is 4.74 Å². The summed E-state index contributed by atoms with van der Waals surface area (Å²) in [6.45, 7) is 11.7. The van der Waals surface area contributed by atoms with E-state index in [1.54, 1.807) is 0 Å². The van der Waals surface area contributed by atoms with Crippen molar-refractivity contribution in [2.45, 2.75) is 39.4 Å². The van der Waals surface area contributed by atoms with E-state index >= 15 is 0 Å². The Morgan fingerprint density at radius 2 is 2.33 bits per heavy atom. The van der Waals surface area contributed by atoms with Crippen molar-refractivity contribution in [3.8, 4) is 0 Å². The molecule has 2 unspecified atom stereocenters. The molecule has 1 aromatic rings. The van der Waals surface area contributed by atoms with Gasteiger partial charge in [-0.15, -0.1) is 0 Å². The Kier molecular flexibility index (Phi) is 7.12. The van der Waals surface area contributed by atoms with Crippen LogP contribution in [0.2, 0.25) is 0 Å². The van der Waals surface area contributed by atoms with Crippen molar-refractivity contribution in [3.63, 3.8) is 0 Å². The van der Waals surface area contributed by atoms with Gasteiger partial charge in [-0.25, -0.2) is 0 Å². The molecule has 24 heavy (non-hydrogen) atoms. The average Bonchev–Trinajstić information content (AvgIpc) is 2.96. The highest BCUT2D eigenvalue weighted by Crippen LogP contribution is 2.11. The highest BCUT2D eigenvalue weighted by Gasteiger charge is 2.23. The number of rotatable bonds is 6. The SMILES string of the molecule is CCNC(=NCC(C)N1CCOCC1C)N(C)Cc1cccn1C. The van der Waals surface area contributed by atoms with Crippen LogP contribution < -0.4 is 5.32 Å². The minimum Gasteiger partial charge on any atom is -0.379 e. The predicted octanol–water partition coefficient (Wildman–Crippen LogP) is 1.53. The summed E-state index contributed by atoms with van der Waals surface area (Å²) in [5.41, 5.74) is 1.28. The molecule has 1 fully saturated rings. The van der Waals surface area contributed by atoms with E-state index in [9.17, 15) is 0 Å². The molecule has 1 aliphatic rings. The molecule has 0 radical (unpaired) electrons. The molecule has 0 aromatic carbocycles. The molecule has 1 aromatic heterocycles. The van der Waals surface area contributed by atoms with Crippen LogP contribution >= 0.6 is 0 Å². The first-order chi connectivity index (χ1) is 11.5. The number of hydrogen-bond acceptors (Lipinski definition) is 3. The molecule has 136 valence electrons. The molecule has 1 aliphatic heterocycles. The number of ether oxygens (including phenoxy) is 1. The van der Waals surface area contributed by atoms with Crippen molar-refractivity contribution in [3.05, 3.63) is 24.0 Å². The molecule has 1 saturated heterocycles. The first-order valence-corrected chi connectivity index (χ1v) is 8.96. The van der Waals surface area contributed by atoms with Crippen LogP contribution in [0.25, 0.3) is 0 Å². The quantitative estimate of drug-likeness (QED) is 0.633. The van der Waals surface area contributed by atoms with Gasteiger partial charge >= 0.3 is 0 Å². The number of nitrogens with zero attached hydrogens (tertiary/aromatic N) is 4. The topological polar surface area (TPSA) is 45.0 Å². The fourth-order valence-electron chi connectivity index (χ4n) is 3.17. The molecular weight excluding hydrogens is 302 g/mol. The van der Waals surface area contributed by atoms with E-state index in [4.69, 9.17) is 9.73 Å². The smallest absolute Gasteiger partial charge is 0.194 e. The van der Waals surface area contributed by atoms with Crippen LogP contribution in [0, 0.1) is 0 Å². The van der Waals surface area contributed by atoms with Crippen LogP contribution in [0.3, 0.4) is 0 Å². The number of aromatic nitrogens is 1. The van der Waals surface area contributed by atoms with Gasteiger partial charge in [-0.2, -0.15) is 0 Å². The third-order valence-corrected chi connectivity index (χ3v) is 4.64. The summed E-state index contributed by atoms with van der Waals surface area (Å²) in [6.07, 6.45) is 2.08. The third-order valence-electron chi connectivity index (χ3n) is 4.64. The van der Waals surface area contributed by atoms with Gasteiger partial charge in [0.2, 0.25) is 0 Å². The lowest BCUT2D eigenvalue weighted by Crippen LogP contribution is -2.49. The van der Waals surface area contributed by atoms with Crippen molar-refractivity contribution in [1.82, 2.24) is 19.7 Å². The van der Waals surface area contributed by atoms with Crippen LogP contribution in [0.1, 0.15) is 26.5 Å². The molecule has 0 spiro atoms. The van der Waals surface area contributed by atoms with Gasteiger partial charge in [0.1, 0.15) is 0 Å². The fraction of sp³-hybridized carbons (Fsp3) is 0.722. The van der Waals surface area contributed by atoms with Gasteiger partial charge < -0.3 is 19.5 Å². The largest absolute Gasteiger partial charge is 0.379 e. The molecular formula is C18H33N5O. The zero-order valence-corrected chi connectivity index (χ0v) is 15.8. The van der Waals surface area contributed by atoms with Crippen molar-refractivity contribution in [2.24, 2.45) is 12.0 Å². The summed E-state index contributed by atoms with van der Waals surface area (Å²) in [5, 5.41) is 3.41. The number of morpholine rings is 1. The second-order valence-corrected chi connectivity index (χ2v) is 6.67. The van der Waals surface area contributed by atoms with E-state index in [0.717, 1.165) is 45.4 Å². The summed E-state index contributed by atoms with van der Waals surface area (Å²) in [6, 6.07) is 5.11. The summed E-state index contributed by atoms with van der Waals surface area (Å²) in [7, 11) is 4.17. The standard InChI is InChI=1S/C18H33N5O/c1-6-19-18(22(5)13-17-8-7-9-21(17)4)20-12-15(2)23-10-11-24-14-16(23)3/h7-9,15-16H,6,10-14H2,1-5H3,(H,19,20). The maximum absolute atomic E-state index is 5.53. The van der Waals surface area contributed by atoms with E-state index in [1.165, 1.54) is 5.69 Å². The number of guanidine groups is 1. The molecule has 2 heterocycles. The molecule has 0 bridgehead atoms. The lowest BCUT2D eigenvalue weighted by Gasteiger charge is -2.37. The van der Waals surface area contributed by atoms with Crippen LogP contribution in [0.4, 0.5) is 0 Å². The van der Waals surface area contributed by atoms with Gasteiger partial charge in [-0.1, -0.05) is 0 Å². The maximum atomic E-state index is 5.53. The number of aliphatic imine (C=N–C) groups is 1. The van der Waals surface area contributed by atoms with Gasteiger partial charge in [0.05, 0.1) is 26.3 Å². The first-order valence-electron chi connectivity index (χ1n) is 8.96. The van der Waals surface area contributed by atoms with E-state index < -0.39 is 0 Å². The predicted molar refractivity (Wildman–Crippen MR) is 99.3 cm³/mol. The summed E-state index contributed by atoms with van der Waals surface area (Å²) >= 11 is 0. The number of nitrogens with one attached hydrogen (secondary N) is 1. The van der Waals surface area contributed by atoms with Gasteiger partial charge in [-0.05, 0) is 32.9 Å². The molecule has 2 rings (SSSR count). The molecule has 0 aliphatic carbocycles. The monoisotopic (exact) mass is 335 g/mol. The Balaban J connectivity index is 1.97. The van der Waals surface area contributed by atoms with Crippen LogP contribution in [-0.4, -0.2) is 72.3 Å². The third kappa shape index (κ3) is 4.98. The minimum absolute atomic E-state index is 0.418. The van der Waals surface area contributed by atoms with Crippen LogP contribution in [-0.2, 0) is 18.3 Å². The number of hydrogen-bond donors (Lipinski definition) is 1. The lowest BCUT2D eigenvalue weighted by atomic mass is 10.2. The molecule has 2 atom stereocenters. The van der Waals surface area contributed by atoms with E-state index in [1.807, 2.05) is 0 Å². The average molecular weight is 335 g/mol. The van der Waals surface area contributed by atoms with Crippen molar-refractivity contribution >= 4 is 5.96 Å². The van der Waals surface area contributed by atoms with Gasteiger partial charge in [-0.3, -0.25) is 9.89 Å². The van der Waals surface area contributed by atoms with E-state index in [-0.39, 0.29) is 0 Å². The summed E-state index contributed by atoms with van der Waals surface area (Å²) < 4.78 is 7.68. The summed E-state index contributed by atoms with van der Waals surface area (Å²) in [4.78, 5) is 9.56. The van der Waals surface area contributed by atoms with Crippen LogP contribution in [0.15, 0.2) is 23.3 Å². The Hall–Kier alpha value is -1.53. The highest BCUT2D eigenvalue weighted by molar-refractivity contribution is 5.79. The van der Waals surface area contributed by atoms with Gasteiger partial charge in [0, 0.05) is 51.2 Å². The summed E-state index contributed by atoms with van der Waals surface area (Å²) in [5.74, 6) is 0.964. The Morgan fingerprint density at radius 3 is 2.96 bits per heavy atom. The second kappa shape index (κ2) is 9.08. The highest BCUT2D eigenvalue weighted by atomic mass is 16.5.